The number of benzene rings is 11. The van der Waals surface area contributed by atoms with Crippen molar-refractivity contribution in [2.75, 3.05) is 4.90 Å². The van der Waals surface area contributed by atoms with Gasteiger partial charge < -0.3 is 9.32 Å². The molecule has 1 heterocycles. The highest BCUT2D eigenvalue weighted by Crippen LogP contribution is 2.65. The molecule has 12 aromatic rings. The fourth-order valence-corrected chi connectivity index (χ4v) is 11.7. The van der Waals surface area contributed by atoms with Crippen LogP contribution in [0.2, 0.25) is 0 Å². The third-order valence-electron chi connectivity index (χ3n) is 14.3. The van der Waals surface area contributed by atoms with E-state index in [-0.39, 0.29) is 0 Å². The molecule has 2 aliphatic rings. The molecule has 0 N–H and O–H groups in total. The molecule has 0 saturated carbocycles. The molecular weight excluding hydrogens is 787 g/mol. The van der Waals surface area contributed by atoms with Crippen LogP contribution in [0.4, 0.5) is 17.1 Å². The third-order valence-corrected chi connectivity index (χ3v) is 14.3. The van der Waals surface area contributed by atoms with Crippen molar-refractivity contribution in [1.82, 2.24) is 0 Å². The molecule has 65 heavy (non-hydrogen) atoms. The summed E-state index contributed by atoms with van der Waals surface area (Å²) in [5.74, 6) is 0. The molecule has 14 rings (SSSR count). The second-order valence-electron chi connectivity index (χ2n) is 17.5. The van der Waals surface area contributed by atoms with Crippen LogP contribution < -0.4 is 4.90 Å². The van der Waals surface area contributed by atoms with Gasteiger partial charge in [0.05, 0.1) is 16.8 Å². The van der Waals surface area contributed by atoms with Crippen molar-refractivity contribution in [2.45, 2.75) is 5.41 Å². The molecule has 302 valence electrons. The van der Waals surface area contributed by atoms with Gasteiger partial charge >= 0.3 is 0 Å². The van der Waals surface area contributed by atoms with Crippen molar-refractivity contribution < 1.29 is 4.42 Å². The van der Waals surface area contributed by atoms with E-state index in [1.165, 1.54) is 72.0 Å². The van der Waals surface area contributed by atoms with Crippen LogP contribution in [0.25, 0.3) is 88.0 Å². The minimum Gasteiger partial charge on any atom is -0.455 e. The van der Waals surface area contributed by atoms with Gasteiger partial charge in [0.1, 0.15) is 11.2 Å². The minimum absolute atomic E-state index is 0.474. The van der Waals surface area contributed by atoms with Crippen LogP contribution >= 0.6 is 0 Å². The number of furan rings is 1. The highest BCUT2D eigenvalue weighted by molar-refractivity contribution is 6.24. The summed E-state index contributed by atoms with van der Waals surface area (Å²) in [5, 5.41) is 6.84. The molecule has 2 heteroatoms. The maximum absolute atomic E-state index is 6.98. The summed E-state index contributed by atoms with van der Waals surface area (Å²) < 4.78 is 6.98. The Labute approximate surface area is 376 Å². The van der Waals surface area contributed by atoms with Crippen molar-refractivity contribution in [2.24, 2.45) is 0 Å². The largest absolute Gasteiger partial charge is 0.455 e. The van der Waals surface area contributed by atoms with E-state index in [0.717, 1.165) is 55.3 Å². The van der Waals surface area contributed by atoms with Crippen LogP contribution in [0.1, 0.15) is 22.3 Å². The van der Waals surface area contributed by atoms with E-state index in [4.69, 9.17) is 4.42 Å². The zero-order valence-corrected chi connectivity index (χ0v) is 35.4. The Balaban J connectivity index is 1.09. The van der Waals surface area contributed by atoms with Gasteiger partial charge in [-0.1, -0.05) is 206 Å². The predicted molar refractivity (Wildman–Crippen MR) is 271 cm³/mol. The van der Waals surface area contributed by atoms with E-state index in [1.54, 1.807) is 0 Å². The average Bonchev–Trinajstić information content (AvgIpc) is 4.02. The molecule has 2 aliphatic carbocycles. The van der Waals surface area contributed by atoms with Crippen molar-refractivity contribution in [1.29, 1.82) is 0 Å². The maximum atomic E-state index is 6.98. The van der Waals surface area contributed by atoms with Gasteiger partial charge in [-0.3, -0.25) is 0 Å². The first-order valence-corrected chi connectivity index (χ1v) is 22.5. The standard InChI is InChI=1S/C63H39NO/c1-2-17-40(18-3-1)41-35-37-43(38-36-41)64(57-33-16-32-56-61(57)51-26-10-13-31-55(51)63(56)53-29-11-8-22-46(53)47-23-9-12-30-54(47)63)58-39-52-60-49(45-27-14-20-42-19-4-5-21-44(42)45)28-15-34-59(60)65-62(52)50-25-7-6-24-48(50)58/h1-39H. The predicted octanol–water partition coefficient (Wildman–Crippen LogP) is 17.0. The van der Waals surface area contributed by atoms with Gasteiger partial charge in [0.25, 0.3) is 0 Å². The number of rotatable bonds is 5. The smallest absolute Gasteiger partial charge is 0.143 e. The molecule has 0 unspecified atom stereocenters. The number of hydrogen-bond donors (Lipinski definition) is 0. The fraction of sp³-hybridized carbons (Fsp3) is 0.0159. The van der Waals surface area contributed by atoms with Crippen LogP contribution in [-0.4, -0.2) is 0 Å². The maximum Gasteiger partial charge on any atom is 0.143 e. The van der Waals surface area contributed by atoms with E-state index >= 15 is 0 Å². The second-order valence-corrected chi connectivity index (χ2v) is 17.5. The lowest BCUT2D eigenvalue weighted by atomic mass is 9.70. The summed E-state index contributed by atoms with van der Waals surface area (Å²) in [7, 11) is 0. The first kappa shape index (κ1) is 36.1. The third kappa shape index (κ3) is 4.99. The Bertz CT molecular complexity index is 3840. The van der Waals surface area contributed by atoms with E-state index in [0.29, 0.717) is 0 Å². The van der Waals surface area contributed by atoms with Crippen molar-refractivity contribution in [3.63, 3.8) is 0 Å². The molecule has 0 amide bonds. The van der Waals surface area contributed by atoms with E-state index in [2.05, 4.69) is 241 Å². The second kappa shape index (κ2) is 13.8. The summed E-state index contributed by atoms with van der Waals surface area (Å²) in [6.07, 6.45) is 0. The molecule has 0 saturated heterocycles. The molecule has 11 aromatic carbocycles. The summed E-state index contributed by atoms with van der Waals surface area (Å²) in [4.78, 5) is 2.53. The van der Waals surface area contributed by atoms with Crippen molar-refractivity contribution in [3.8, 4) is 44.5 Å². The Hall–Kier alpha value is -8.46. The first-order valence-electron chi connectivity index (χ1n) is 22.5. The quantitative estimate of drug-likeness (QED) is 0.172. The van der Waals surface area contributed by atoms with Gasteiger partial charge in [0, 0.05) is 32.8 Å². The van der Waals surface area contributed by atoms with Gasteiger partial charge in [-0.2, -0.15) is 0 Å². The van der Waals surface area contributed by atoms with Crippen LogP contribution in [0.15, 0.2) is 241 Å². The van der Waals surface area contributed by atoms with E-state index in [9.17, 15) is 0 Å². The Kier molecular flexibility index (Phi) is 7.64. The Morgan fingerprint density at radius 2 is 0.877 bits per heavy atom. The number of anilines is 3. The normalized spacial score (nSPS) is 13.0. The molecule has 0 bridgehead atoms. The fourth-order valence-electron chi connectivity index (χ4n) is 11.7. The van der Waals surface area contributed by atoms with Crippen LogP contribution in [0.5, 0.6) is 0 Å². The molecule has 1 spiro atoms. The summed E-state index contributed by atoms with van der Waals surface area (Å²) in [6.45, 7) is 0. The SMILES string of the molecule is c1ccc(-c2ccc(N(c3cccc4c3-c3ccccc3C43c4ccccc4-c4ccccc43)c3cc4c(oc5cccc(-c6cccc7ccccc67)c54)c4ccccc34)cc2)cc1. The number of fused-ring (bicyclic) bond motifs is 16. The molecule has 2 nitrogen and oxygen atoms in total. The lowest BCUT2D eigenvalue weighted by molar-refractivity contribution is 0.673. The lowest BCUT2D eigenvalue weighted by Crippen LogP contribution is -2.26. The molecule has 0 aliphatic heterocycles. The van der Waals surface area contributed by atoms with Gasteiger partial charge in [0.2, 0.25) is 0 Å². The zero-order valence-electron chi connectivity index (χ0n) is 35.4. The van der Waals surface area contributed by atoms with Crippen LogP contribution in [-0.2, 0) is 5.41 Å². The Morgan fingerprint density at radius 1 is 0.338 bits per heavy atom. The molecule has 0 radical (unpaired) electrons. The van der Waals surface area contributed by atoms with E-state index < -0.39 is 5.41 Å². The summed E-state index contributed by atoms with van der Waals surface area (Å²) in [5.41, 5.74) is 19.7. The molecule has 1 aromatic heterocycles. The molecular formula is C63H39NO. The summed E-state index contributed by atoms with van der Waals surface area (Å²) in [6, 6.07) is 87.0. The monoisotopic (exact) mass is 825 g/mol. The average molecular weight is 826 g/mol. The minimum atomic E-state index is -0.474. The van der Waals surface area contributed by atoms with Gasteiger partial charge in [-0.15, -0.1) is 0 Å². The lowest BCUT2D eigenvalue weighted by Gasteiger charge is -2.32. The van der Waals surface area contributed by atoms with E-state index in [1.807, 2.05) is 0 Å². The van der Waals surface area contributed by atoms with Crippen molar-refractivity contribution >= 4 is 60.5 Å². The first-order chi connectivity index (χ1) is 32.3. The van der Waals surface area contributed by atoms with Gasteiger partial charge in [-0.25, -0.2) is 0 Å². The topological polar surface area (TPSA) is 16.4 Å². The molecule has 0 atom stereocenters. The van der Waals surface area contributed by atoms with Crippen molar-refractivity contribution in [3.05, 3.63) is 259 Å². The van der Waals surface area contributed by atoms with Gasteiger partial charge in [-0.05, 0) is 102 Å². The highest BCUT2D eigenvalue weighted by Gasteiger charge is 2.52. The Morgan fingerprint density at radius 3 is 1.65 bits per heavy atom. The number of nitrogens with zero attached hydrogens (tertiary/aromatic N) is 1. The molecule has 0 fully saturated rings. The van der Waals surface area contributed by atoms with Crippen LogP contribution in [0, 0.1) is 0 Å². The zero-order chi connectivity index (χ0) is 42.6. The summed E-state index contributed by atoms with van der Waals surface area (Å²) >= 11 is 0. The van der Waals surface area contributed by atoms with Crippen LogP contribution in [0.3, 0.4) is 0 Å². The number of hydrogen-bond acceptors (Lipinski definition) is 2. The highest BCUT2D eigenvalue weighted by atomic mass is 16.3. The van der Waals surface area contributed by atoms with Gasteiger partial charge in [0.15, 0.2) is 0 Å².